The summed E-state index contributed by atoms with van der Waals surface area (Å²) in [7, 11) is 0. The quantitative estimate of drug-likeness (QED) is 0.913. The van der Waals surface area contributed by atoms with E-state index in [1.807, 2.05) is 13.8 Å². The first-order valence-electron chi connectivity index (χ1n) is 5.83. The summed E-state index contributed by atoms with van der Waals surface area (Å²) in [6, 6.07) is 7.02. The molecule has 0 aromatic heterocycles. The summed E-state index contributed by atoms with van der Waals surface area (Å²) >= 11 is 3.32. The van der Waals surface area contributed by atoms with E-state index >= 15 is 0 Å². The van der Waals surface area contributed by atoms with Gasteiger partial charge in [0.25, 0.3) is 5.91 Å². The Kier molecular flexibility index (Phi) is 3.54. The number of aliphatic hydroxyl groups is 1. The number of halogens is 1. The van der Waals surface area contributed by atoms with E-state index in [4.69, 9.17) is 0 Å². The lowest BCUT2D eigenvalue weighted by Gasteiger charge is -2.29. The van der Waals surface area contributed by atoms with Crippen molar-refractivity contribution in [1.82, 2.24) is 5.01 Å². The van der Waals surface area contributed by atoms with Gasteiger partial charge in [0.05, 0.1) is 0 Å². The lowest BCUT2D eigenvalue weighted by molar-refractivity contribution is -0.0727. The van der Waals surface area contributed by atoms with Crippen LogP contribution in [-0.2, 0) is 0 Å². The molecule has 96 valence electrons. The van der Waals surface area contributed by atoms with Crippen molar-refractivity contribution < 1.29 is 9.90 Å². The summed E-state index contributed by atoms with van der Waals surface area (Å²) in [5, 5.41) is 15.7. The van der Waals surface area contributed by atoms with Crippen LogP contribution in [-0.4, -0.2) is 27.5 Å². The van der Waals surface area contributed by atoms with Crippen LogP contribution >= 0.6 is 15.9 Å². The zero-order chi connectivity index (χ0) is 13.3. The average molecular weight is 311 g/mol. The van der Waals surface area contributed by atoms with E-state index < -0.39 is 5.72 Å². The number of hydrogen-bond donors (Lipinski definition) is 1. The molecule has 5 heteroatoms. The second-order valence-corrected chi connectivity index (χ2v) is 5.39. The van der Waals surface area contributed by atoms with E-state index in [2.05, 4.69) is 21.0 Å². The second-order valence-electron chi connectivity index (χ2n) is 4.47. The zero-order valence-electron chi connectivity index (χ0n) is 10.4. The molecule has 0 bridgehead atoms. The molecule has 2 rings (SSSR count). The van der Waals surface area contributed by atoms with E-state index in [-0.39, 0.29) is 5.91 Å². The first-order valence-corrected chi connectivity index (χ1v) is 6.62. The molecule has 0 unspecified atom stereocenters. The van der Waals surface area contributed by atoms with Crippen LogP contribution in [0.4, 0.5) is 0 Å². The van der Waals surface area contributed by atoms with E-state index in [1.165, 1.54) is 5.01 Å². The Morgan fingerprint density at radius 2 is 2.11 bits per heavy atom. The maximum absolute atomic E-state index is 12.3. The lowest BCUT2D eigenvalue weighted by atomic mass is 10.0. The van der Waals surface area contributed by atoms with Crippen molar-refractivity contribution in [3.05, 3.63) is 34.3 Å². The Morgan fingerprint density at radius 1 is 1.50 bits per heavy atom. The molecule has 1 aromatic rings. The third-order valence-corrected chi connectivity index (χ3v) is 3.58. The van der Waals surface area contributed by atoms with Gasteiger partial charge in [0.1, 0.15) is 0 Å². The van der Waals surface area contributed by atoms with Crippen molar-refractivity contribution >= 4 is 27.5 Å². The van der Waals surface area contributed by atoms with E-state index in [1.54, 1.807) is 24.3 Å². The number of carbonyl (C=O) groups excluding carboxylic acids is 1. The number of amides is 1. The fraction of sp³-hybridized carbons (Fsp3) is 0.385. The minimum atomic E-state index is -1.19. The van der Waals surface area contributed by atoms with Crippen LogP contribution in [0.25, 0.3) is 0 Å². The summed E-state index contributed by atoms with van der Waals surface area (Å²) in [5.74, 6) is -0.274. The van der Waals surface area contributed by atoms with Crippen LogP contribution in [0.15, 0.2) is 33.8 Å². The molecule has 0 spiro atoms. The van der Waals surface area contributed by atoms with Crippen LogP contribution in [0.1, 0.15) is 37.0 Å². The largest absolute Gasteiger partial charge is 0.369 e. The molecule has 0 aliphatic carbocycles. The summed E-state index contributed by atoms with van der Waals surface area (Å²) in [6.07, 6.45) is 0.863. The fourth-order valence-electron chi connectivity index (χ4n) is 2.01. The molecule has 1 aromatic carbocycles. The van der Waals surface area contributed by atoms with Crippen molar-refractivity contribution in [3.8, 4) is 0 Å². The standard InChI is InChI=1S/C13H15BrN2O2/c1-3-13(18)8-9(2)15-16(13)12(17)10-4-6-11(14)7-5-10/h4-7,18H,3,8H2,1-2H3/t13-/m0/s1. The molecule has 0 fully saturated rings. The predicted molar refractivity (Wildman–Crippen MR) is 73.3 cm³/mol. The molecule has 18 heavy (non-hydrogen) atoms. The Bertz CT molecular complexity index is 498. The molecular weight excluding hydrogens is 296 g/mol. The van der Waals surface area contributed by atoms with Gasteiger partial charge in [-0.05, 0) is 37.6 Å². The number of hydrogen-bond acceptors (Lipinski definition) is 3. The van der Waals surface area contributed by atoms with Crippen molar-refractivity contribution in [3.63, 3.8) is 0 Å². The van der Waals surface area contributed by atoms with Gasteiger partial charge in [-0.15, -0.1) is 0 Å². The third kappa shape index (κ3) is 2.33. The molecule has 0 saturated carbocycles. The normalized spacial score (nSPS) is 23.1. The second kappa shape index (κ2) is 4.82. The van der Waals surface area contributed by atoms with Gasteiger partial charge in [-0.25, -0.2) is 0 Å². The minimum absolute atomic E-state index is 0.274. The first kappa shape index (κ1) is 13.2. The van der Waals surface area contributed by atoms with Gasteiger partial charge in [0, 0.05) is 22.2 Å². The maximum atomic E-state index is 12.3. The topological polar surface area (TPSA) is 52.9 Å². The highest BCUT2D eigenvalue weighted by Crippen LogP contribution is 2.29. The number of carbonyl (C=O) groups is 1. The molecule has 1 aliphatic rings. The molecule has 0 saturated heterocycles. The molecule has 1 atom stereocenters. The summed E-state index contributed by atoms with van der Waals surface area (Å²) in [4.78, 5) is 12.3. The Morgan fingerprint density at radius 3 is 2.67 bits per heavy atom. The summed E-state index contributed by atoms with van der Waals surface area (Å²) < 4.78 is 0.908. The van der Waals surface area contributed by atoms with Crippen molar-refractivity contribution in [1.29, 1.82) is 0 Å². The lowest BCUT2D eigenvalue weighted by Crippen LogP contribution is -2.45. The Balaban J connectivity index is 2.30. The minimum Gasteiger partial charge on any atom is -0.369 e. The van der Waals surface area contributed by atoms with E-state index in [0.717, 1.165) is 10.2 Å². The van der Waals surface area contributed by atoms with Gasteiger partial charge >= 0.3 is 0 Å². The average Bonchev–Trinajstić information content (AvgIpc) is 2.65. The highest BCUT2D eigenvalue weighted by Gasteiger charge is 2.41. The van der Waals surface area contributed by atoms with Crippen LogP contribution in [0.3, 0.4) is 0 Å². The van der Waals surface area contributed by atoms with Gasteiger partial charge in [-0.2, -0.15) is 10.1 Å². The van der Waals surface area contributed by atoms with E-state index in [9.17, 15) is 9.90 Å². The summed E-state index contributed by atoms with van der Waals surface area (Å²) in [5.41, 5.74) is 0.0992. The number of hydrazone groups is 1. The molecular formula is C13H15BrN2O2. The Hall–Kier alpha value is -1.20. The third-order valence-electron chi connectivity index (χ3n) is 3.05. The number of benzene rings is 1. The van der Waals surface area contributed by atoms with Gasteiger partial charge in [-0.1, -0.05) is 22.9 Å². The number of nitrogens with zero attached hydrogens (tertiary/aromatic N) is 2. The highest BCUT2D eigenvalue weighted by molar-refractivity contribution is 9.10. The van der Waals surface area contributed by atoms with Gasteiger partial charge in [0.2, 0.25) is 0 Å². The first-order chi connectivity index (χ1) is 8.46. The Labute approximate surface area is 114 Å². The smallest absolute Gasteiger partial charge is 0.276 e. The van der Waals surface area contributed by atoms with Crippen molar-refractivity contribution in [2.75, 3.05) is 0 Å². The number of rotatable bonds is 2. The van der Waals surface area contributed by atoms with Gasteiger partial charge < -0.3 is 5.11 Å². The SMILES string of the molecule is CC[C@]1(O)CC(C)=NN1C(=O)c1ccc(Br)cc1. The van der Waals surface area contributed by atoms with Crippen LogP contribution in [0.5, 0.6) is 0 Å². The molecule has 4 nitrogen and oxygen atoms in total. The molecule has 1 aliphatic heterocycles. The zero-order valence-corrected chi connectivity index (χ0v) is 11.9. The highest BCUT2D eigenvalue weighted by atomic mass is 79.9. The molecule has 0 radical (unpaired) electrons. The van der Waals surface area contributed by atoms with Gasteiger partial charge in [0.15, 0.2) is 5.72 Å². The van der Waals surface area contributed by atoms with Crippen LogP contribution in [0.2, 0.25) is 0 Å². The molecule has 1 heterocycles. The van der Waals surface area contributed by atoms with Crippen LogP contribution in [0, 0.1) is 0 Å². The summed E-state index contributed by atoms with van der Waals surface area (Å²) in [6.45, 7) is 3.66. The predicted octanol–water partition coefficient (Wildman–Crippen LogP) is 2.77. The van der Waals surface area contributed by atoms with Crippen LogP contribution < -0.4 is 0 Å². The van der Waals surface area contributed by atoms with E-state index in [0.29, 0.717) is 18.4 Å². The van der Waals surface area contributed by atoms with Crippen molar-refractivity contribution in [2.45, 2.75) is 32.4 Å². The monoisotopic (exact) mass is 310 g/mol. The maximum Gasteiger partial charge on any atom is 0.276 e. The molecule has 1 N–H and O–H groups in total. The van der Waals surface area contributed by atoms with Crippen molar-refractivity contribution in [2.24, 2.45) is 5.10 Å². The van der Waals surface area contributed by atoms with Gasteiger partial charge in [-0.3, -0.25) is 4.79 Å². The molecule has 1 amide bonds. The fourth-order valence-corrected chi connectivity index (χ4v) is 2.27.